The lowest BCUT2D eigenvalue weighted by atomic mass is 10.1. The molecule has 33 heavy (non-hydrogen) atoms. The first-order valence-electron chi connectivity index (χ1n) is 10.6. The number of pyridine rings is 2. The largest absolute Gasteiger partial charge is 0.364 e. The minimum atomic E-state index is -3.17. The molecule has 9 nitrogen and oxygen atoms in total. The third-order valence-corrected chi connectivity index (χ3v) is 7.80. The zero-order valence-corrected chi connectivity index (χ0v) is 18.8. The summed E-state index contributed by atoms with van der Waals surface area (Å²) >= 11 is 0. The van der Waals surface area contributed by atoms with E-state index in [1.807, 2.05) is 36.4 Å². The van der Waals surface area contributed by atoms with Gasteiger partial charge in [-0.1, -0.05) is 24.3 Å². The molecule has 1 aromatic carbocycles. The molecular weight excluding hydrogens is 444 g/mol. The maximum atomic E-state index is 13.3. The molecule has 170 valence electrons. The predicted octanol–water partition coefficient (Wildman–Crippen LogP) is 1.01. The van der Waals surface area contributed by atoms with Gasteiger partial charge >= 0.3 is 0 Å². The number of carbonyl (C=O) groups excluding carboxylic acids is 2. The van der Waals surface area contributed by atoms with Crippen molar-refractivity contribution < 1.29 is 18.0 Å². The normalized spacial score (nSPS) is 17.6. The van der Waals surface area contributed by atoms with E-state index in [2.05, 4.69) is 4.98 Å². The summed E-state index contributed by atoms with van der Waals surface area (Å²) in [4.78, 5) is 46.7. The van der Waals surface area contributed by atoms with Crippen LogP contribution in [0.4, 0.5) is 5.69 Å². The number of sulfone groups is 1. The molecule has 1 saturated heterocycles. The average molecular weight is 467 g/mol. The van der Waals surface area contributed by atoms with Crippen LogP contribution in [-0.2, 0) is 23.3 Å². The first-order chi connectivity index (χ1) is 15.7. The third kappa shape index (κ3) is 3.70. The molecule has 3 aromatic rings. The highest BCUT2D eigenvalue weighted by Gasteiger charge is 2.41. The zero-order chi connectivity index (χ0) is 23.3. The van der Waals surface area contributed by atoms with Crippen LogP contribution < -0.4 is 10.5 Å². The van der Waals surface area contributed by atoms with Crippen molar-refractivity contribution in [3.05, 3.63) is 69.8 Å². The molecule has 10 heteroatoms. The van der Waals surface area contributed by atoms with Crippen LogP contribution in [0, 0.1) is 0 Å². The maximum Gasteiger partial charge on any atom is 0.274 e. The number of rotatable bonds is 4. The van der Waals surface area contributed by atoms with E-state index in [1.54, 1.807) is 4.90 Å². The highest BCUT2D eigenvalue weighted by atomic mass is 32.2. The van der Waals surface area contributed by atoms with Gasteiger partial charge in [-0.25, -0.2) is 8.42 Å². The Labute approximate surface area is 190 Å². The van der Waals surface area contributed by atoms with Gasteiger partial charge in [-0.05, 0) is 12.1 Å². The standard InChI is InChI=1S/C23H22N4O5S/c1-25-14-17-19(20(23(25)30)26-10-12-33(31,32)13-11-26)22(29)27(21(17)28)9-8-16-7-6-15-4-2-3-5-18(15)24-16/h2-7,14H,8-13H2,1H3. The molecule has 0 N–H and O–H groups in total. The van der Waals surface area contributed by atoms with Crippen LogP contribution in [0.25, 0.3) is 10.9 Å². The maximum absolute atomic E-state index is 13.3. The highest BCUT2D eigenvalue weighted by molar-refractivity contribution is 7.91. The molecule has 2 aliphatic heterocycles. The molecule has 4 heterocycles. The zero-order valence-electron chi connectivity index (χ0n) is 18.0. The van der Waals surface area contributed by atoms with Crippen LogP contribution in [0.1, 0.15) is 26.4 Å². The van der Waals surface area contributed by atoms with E-state index in [0.717, 1.165) is 21.5 Å². The van der Waals surface area contributed by atoms with E-state index >= 15 is 0 Å². The molecule has 0 unspecified atom stereocenters. The Bertz CT molecular complexity index is 1460. The molecule has 2 aliphatic rings. The van der Waals surface area contributed by atoms with Gasteiger partial charge in [-0.15, -0.1) is 0 Å². The molecule has 0 aliphatic carbocycles. The Balaban J connectivity index is 1.44. The van der Waals surface area contributed by atoms with Crippen LogP contribution in [0.2, 0.25) is 0 Å². The van der Waals surface area contributed by atoms with E-state index in [-0.39, 0.29) is 48.0 Å². The number of para-hydroxylation sites is 1. The molecular formula is C23H22N4O5S. The average Bonchev–Trinajstić information content (AvgIpc) is 3.02. The van der Waals surface area contributed by atoms with E-state index in [0.29, 0.717) is 6.42 Å². The molecule has 5 rings (SSSR count). The minimum Gasteiger partial charge on any atom is -0.364 e. The van der Waals surface area contributed by atoms with Crippen molar-refractivity contribution in [3.8, 4) is 0 Å². The lowest BCUT2D eigenvalue weighted by Crippen LogP contribution is -2.44. The van der Waals surface area contributed by atoms with Crippen LogP contribution in [0.3, 0.4) is 0 Å². The lowest BCUT2D eigenvalue weighted by Gasteiger charge is -2.29. The van der Waals surface area contributed by atoms with Crippen LogP contribution in [-0.4, -0.2) is 65.8 Å². The summed E-state index contributed by atoms with van der Waals surface area (Å²) in [5.74, 6) is -1.19. The number of aromatic nitrogens is 2. The summed E-state index contributed by atoms with van der Waals surface area (Å²) in [6.07, 6.45) is 1.76. The Morgan fingerprint density at radius 2 is 1.70 bits per heavy atom. The number of amides is 2. The Morgan fingerprint density at radius 1 is 0.970 bits per heavy atom. The number of imide groups is 1. The second-order valence-corrected chi connectivity index (χ2v) is 10.6. The van der Waals surface area contributed by atoms with Crippen molar-refractivity contribution >= 4 is 38.2 Å². The summed E-state index contributed by atoms with van der Waals surface area (Å²) in [5.41, 5.74) is 1.50. The molecule has 2 aromatic heterocycles. The number of nitrogens with zero attached hydrogens (tertiary/aromatic N) is 4. The van der Waals surface area contributed by atoms with Crippen molar-refractivity contribution in [2.45, 2.75) is 6.42 Å². The van der Waals surface area contributed by atoms with E-state index in [1.165, 1.54) is 17.8 Å². The van der Waals surface area contributed by atoms with Gasteiger partial charge in [0.05, 0.1) is 28.1 Å². The second-order valence-electron chi connectivity index (χ2n) is 8.33. The van der Waals surface area contributed by atoms with Crippen molar-refractivity contribution in [2.24, 2.45) is 7.05 Å². The first kappa shape index (κ1) is 21.3. The van der Waals surface area contributed by atoms with Crippen LogP contribution in [0.15, 0.2) is 47.4 Å². The van der Waals surface area contributed by atoms with Crippen molar-refractivity contribution in [1.82, 2.24) is 14.5 Å². The molecule has 0 radical (unpaired) electrons. The minimum absolute atomic E-state index is 0.0638. The van der Waals surface area contributed by atoms with Gasteiger partial charge in [-0.3, -0.25) is 24.3 Å². The first-order valence-corrected chi connectivity index (χ1v) is 12.5. The number of hydrogen-bond donors (Lipinski definition) is 0. The molecule has 0 saturated carbocycles. The summed E-state index contributed by atoms with van der Waals surface area (Å²) in [5, 5.41) is 1.01. The quantitative estimate of drug-likeness (QED) is 0.528. The monoisotopic (exact) mass is 466 g/mol. The Kier molecular flexibility index (Phi) is 5.04. The van der Waals surface area contributed by atoms with E-state index < -0.39 is 27.2 Å². The van der Waals surface area contributed by atoms with Crippen LogP contribution >= 0.6 is 0 Å². The lowest BCUT2D eigenvalue weighted by molar-refractivity contribution is 0.0656. The van der Waals surface area contributed by atoms with Gasteiger partial charge in [0.1, 0.15) is 5.69 Å². The summed E-state index contributed by atoms with van der Waals surface area (Å²) in [6, 6.07) is 11.5. The third-order valence-electron chi connectivity index (χ3n) is 6.19. The topological polar surface area (TPSA) is 110 Å². The fraction of sp³-hybridized carbons (Fsp3) is 0.304. The molecule has 0 bridgehead atoms. The number of fused-ring (bicyclic) bond motifs is 2. The SMILES string of the molecule is Cn1cc2c(c(N3CCS(=O)(=O)CC3)c1=O)C(=O)N(CCc1ccc3ccccc3n1)C2=O. The number of carbonyl (C=O) groups is 2. The molecule has 1 fully saturated rings. The van der Waals surface area contributed by atoms with Crippen molar-refractivity contribution in [2.75, 3.05) is 36.0 Å². The molecule has 0 spiro atoms. The van der Waals surface area contributed by atoms with Crippen LogP contribution in [0.5, 0.6) is 0 Å². The molecule has 0 atom stereocenters. The summed E-state index contributed by atoms with van der Waals surface area (Å²) in [6.45, 7) is 0.344. The number of hydrogen-bond acceptors (Lipinski definition) is 7. The van der Waals surface area contributed by atoms with Crippen molar-refractivity contribution in [1.29, 1.82) is 0 Å². The fourth-order valence-corrected chi connectivity index (χ4v) is 5.58. The summed E-state index contributed by atoms with van der Waals surface area (Å²) < 4.78 is 25.0. The number of anilines is 1. The summed E-state index contributed by atoms with van der Waals surface area (Å²) in [7, 11) is -1.65. The van der Waals surface area contributed by atoms with Crippen molar-refractivity contribution in [3.63, 3.8) is 0 Å². The van der Waals surface area contributed by atoms with Gasteiger partial charge in [0.25, 0.3) is 17.4 Å². The fourth-order valence-electron chi connectivity index (χ4n) is 4.38. The predicted molar refractivity (Wildman–Crippen MR) is 123 cm³/mol. The smallest absolute Gasteiger partial charge is 0.274 e. The van der Waals surface area contributed by atoms with Gasteiger partial charge in [0.15, 0.2) is 9.84 Å². The number of aryl methyl sites for hydroxylation is 1. The Hall–Kier alpha value is -3.53. The van der Waals surface area contributed by atoms with Gasteiger partial charge in [-0.2, -0.15) is 0 Å². The van der Waals surface area contributed by atoms with E-state index in [4.69, 9.17) is 0 Å². The van der Waals surface area contributed by atoms with Gasteiger partial charge in [0, 0.05) is 50.4 Å². The van der Waals surface area contributed by atoms with Gasteiger partial charge < -0.3 is 9.47 Å². The van der Waals surface area contributed by atoms with E-state index in [9.17, 15) is 22.8 Å². The Morgan fingerprint density at radius 3 is 2.45 bits per heavy atom. The second kappa shape index (κ2) is 7.80. The van der Waals surface area contributed by atoms with Gasteiger partial charge in [0.2, 0.25) is 0 Å². The molecule has 2 amide bonds. The highest BCUT2D eigenvalue weighted by Crippen LogP contribution is 2.30. The number of benzene rings is 1.